The highest BCUT2D eigenvalue weighted by Gasteiger charge is 2.10. The first-order valence-corrected chi connectivity index (χ1v) is 12.1. The van der Waals surface area contributed by atoms with Crippen LogP contribution >= 0.6 is 0 Å². The summed E-state index contributed by atoms with van der Waals surface area (Å²) in [6, 6.07) is 8.79. The predicted molar refractivity (Wildman–Crippen MR) is 119 cm³/mol. The molecule has 1 aromatic carbocycles. The van der Waals surface area contributed by atoms with Gasteiger partial charge in [0, 0.05) is 6.54 Å². The van der Waals surface area contributed by atoms with E-state index in [4.69, 9.17) is 4.74 Å². The second kappa shape index (κ2) is 13.2. The second-order valence-corrected chi connectivity index (χ2v) is 8.85. The minimum absolute atomic E-state index is 0.860. The van der Waals surface area contributed by atoms with Crippen LogP contribution in [-0.2, 0) is 6.54 Å². The average molecular weight is 387 g/mol. The fourth-order valence-electron chi connectivity index (χ4n) is 4.58. The summed E-state index contributed by atoms with van der Waals surface area (Å²) in [7, 11) is 0. The lowest BCUT2D eigenvalue weighted by Crippen LogP contribution is -2.30. The van der Waals surface area contributed by atoms with E-state index < -0.39 is 0 Å². The molecule has 0 saturated carbocycles. The Balaban J connectivity index is 1.16. The van der Waals surface area contributed by atoms with Crippen molar-refractivity contribution in [3.8, 4) is 5.75 Å². The van der Waals surface area contributed by atoms with Crippen molar-refractivity contribution < 1.29 is 4.74 Å². The molecule has 2 aliphatic heterocycles. The van der Waals surface area contributed by atoms with Crippen LogP contribution < -0.4 is 4.74 Å². The van der Waals surface area contributed by atoms with E-state index in [-0.39, 0.29) is 0 Å². The van der Waals surface area contributed by atoms with Gasteiger partial charge in [0.2, 0.25) is 0 Å². The first kappa shape index (κ1) is 21.6. The van der Waals surface area contributed by atoms with Crippen molar-refractivity contribution in [2.24, 2.45) is 0 Å². The quantitative estimate of drug-likeness (QED) is 0.417. The maximum atomic E-state index is 5.94. The Kier molecular flexibility index (Phi) is 10.2. The molecule has 0 bridgehead atoms. The molecule has 0 unspecified atom stereocenters. The molecule has 0 atom stereocenters. The maximum Gasteiger partial charge on any atom is 0.119 e. The van der Waals surface area contributed by atoms with E-state index in [9.17, 15) is 0 Å². The van der Waals surface area contributed by atoms with Gasteiger partial charge < -0.3 is 9.64 Å². The molecular formula is C25H42N2O. The average Bonchev–Trinajstić information content (AvgIpc) is 2.75. The van der Waals surface area contributed by atoms with Crippen LogP contribution in [0.25, 0.3) is 0 Å². The summed E-state index contributed by atoms with van der Waals surface area (Å²) in [6.45, 7) is 8.49. The van der Waals surface area contributed by atoms with Crippen molar-refractivity contribution in [2.45, 2.75) is 83.6 Å². The molecule has 2 fully saturated rings. The Labute approximate surface area is 173 Å². The van der Waals surface area contributed by atoms with Gasteiger partial charge in [-0.2, -0.15) is 0 Å². The standard InChI is InChI=1S/C25H42N2O/c1(3-7-17-26-18-8-5-9-19-26)2-4-12-22-28-25-15-13-24(14-16-25)23-27-20-10-6-11-21-27/h13-16H,1-12,17-23H2. The summed E-state index contributed by atoms with van der Waals surface area (Å²) >= 11 is 0. The Morgan fingerprint density at radius 1 is 0.607 bits per heavy atom. The Hall–Kier alpha value is -1.06. The number of benzene rings is 1. The lowest BCUT2D eigenvalue weighted by Gasteiger charge is -2.26. The molecule has 158 valence electrons. The summed E-state index contributed by atoms with van der Waals surface area (Å²) in [5.41, 5.74) is 1.42. The van der Waals surface area contributed by atoms with E-state index in [1.54, 1.807) is 0 Å². The van der Waals surface area contributed by atoms with Crippen LogP contribution in [0.5, 0.6) is 5.75 Å². The lowest BCUT2D eigenvalue weighted by atomic mass is 10.1. The number of hydrogen-bond acceptors (Lipinski definition) is 3. The molecule has 0 N–H and O–H groups in total. The highest BCUT2D eigenvalue weighted by atomic mass is 16.5. The molecule has 3 nitrogen and oxygen atoms in total. The molecule has 0 aliphatic carbocycles. The second-order valence-electron chi connectivity index (χ2n) is 8.85. The number of ether oxygens (including phenoxy) is 1. The summed E-state index contributed by atoms with van der Waals surface area (Å²) in [6.07, 6.45) is 16.4. The third kappa shape index (κ3) is 8.53. The zero-order valence-corrected chi connectivity index (χ0v) is 18.0. The number of likely N-dealkylation sites (tertiary alicyclic amines) is 2. The largest absolute Gasteiger partial charge is 0.494 e. The SMILES string of the molecule is c1cc(OCCCCCCCCN2CCCCC2)ccc1CN1CCCCC1. The summed E-state index contributed by atoms with van der Waals surface area (Å²) in [5, 5.41) is 0. The zero-order chi connectivity index (χ0) is 19.3. The summed E-state index contributed by atoms with van der Waals surface area (Å²) in [5.74, 6) is 1.03. The van der Waals surface area contributed by atoms with Crippen LogP contribution in [0.2, 0.25) is 0 Å². The molecule has 0 aromatic heterocycles. The van der Waals surface area contributed by atoms with Gasteiger partial charge in [-0.25, -0.2) is 0 Å². The van der Waals surface area contributed by atoms with Gasteiger partial charge in [0.1, 0.15) is 5.75 Å². The van der Waals surface area contributed by atoms with Crippen molar-refractivity contribution in [3.63, 3.8) is 0 Å². The van der Waals surface area contributed by atoms with Gasteiger partial charge in [0.05, 0.1) is 6.61 Å². The number of piperidine rings is 2. The predicted octanol–water partition coefficient (Wildman–Crippen LogP) is 5.88. The molecular weight excluding hydrogens is 344 g/mol. The van der Waals surface area contributed by atoms with Crippen LogP contribution in [0, 0.1) is 0 Å². The third-order valence-corrected chi connectivity index (χ3v) is 6.36. The monoisotopic (exact) mass is 386 g/mol. The van der Waals surface area contributed by atoms with Gasteiger partial charge in [-0.15, -0.1) is 0 Å². The third-order valence-electron chi connectivity index (χ3n) is 6.36. The lowest BCUT2D eigenvalue weighted by molar-refractivity contribution is 0.221. The van der Waals surface area contributed by atoms with Gasteiger partial charge in [-0.05, 0) is 88.9 Å². The molecule has 0 radical (unpaired) electrons. The van der Waals surface area contributed by atoms with Crippen molar-refractivity contribution in [3.05, 3.63) is 29.8 Å². The van der Waals surface area contributed by atoms with E-state index in [0.717, 1.165) is 18.9 Å². The van der Waals surface area contributed by atoms with Crippen LogP contribution in [0.1, 0.15) is 82.6 Å². The van der Waals surface area contributed by atoms with Gasteiger partial charge in [0.25, 0.3) is 0 Å². The van der Waals surface area contributed by atoms with Crippen LogP contribution in [-0.4, -0.2) is 49.1 Å². The highest BCUT2D eigenvalue weighted by Crippen LogP contribution is 2.17. The van der Waals surface area contributed by atoms with Gasteiger partial charge in [0.15, 0.2) is 0 Å². The first-order valence-electron chi connectivity index (χ1n) is 12.1. The number of nitrogens with zero attached hydrogens (tertiary/aromatic N) is 2. The summed E-state index contributed by atoms with van der Waals surface area (Å²) < 4.78 is 5.94. The molecule has 0 spiro atoms. The molecule has 3 heteroatoms. The molecule has 1 aromatic rings. The van der Waals surface area contributed by atoms with Gasteiger partial charge in [-0.1, -0.05) is 50.7 Å². The van der Waals surface area contributed by atoms with Crippen molar-refractivity contribution >= 4 is 0 Å². The van der Waals surface area contributed by atoms with Crippen molar-refractivity contribution in [2.75, 3.05) is 39.3 Å². The van der Waals surface area contributed by atoms with Crippen molar-refractivity contribution in [1.82, 2.24) is 9.80 Å². The minimum atomic E-state index is 0.860. The Morgan fingerprint density at radius 2 is 1.18 bits per heavy atom. The van der Waals surface area contributed by atoms with E-state index in [1.807, 2.05) is 0 Å². The normalized spacial score (nSPS) is 19.0. The van der Waals surface area contributed by atoms with E-state index in [0.29, 0.717) is 0 Å². The number of hydrogen-bond donors (Lipinski definition) is 0. The molecule has 28 heavy (non-hydrogen) atoms. The van der Waals surface area contributed by atoms with Crippen LogP contribution in [0.15, 0.2) is 24.3 Å². The van der Waals surface area contributed by atoms with E-state index in [2.05, 4.69) is 34.1 Å². The smallest absolute Gasteiger partial charge is 0.119 e. The molecule has 0 amide bonds. The topological polar surface area (TPSA) is 15.7 Å². The van der Waals surface area contributed by atoms with Crippen LogP contribution in [0.4, 0.5) is 0 Å². The number of rotatable bonds is 12. The van der Waals surface area contributed by atoms with E-state index >= 15 is 0 Å². The van der Waals surface area contributed by atoms with Crippen LogP contribution in [0.3, 0.4) is 0 Å². The van der Waals surface area contributed by atoms with Crippen molar-refractivity contribution in [1.29, 1.82) is 0 Å². The summed E-state index contributed by atoms with van der Waals surface area (Å²) in [4.78, 5) is 5.24. The molecule has 2 saturated heterocycles. The molecule has 2 aliphatic rings. The fourth-order valence-corrected chi connectivity index (χ4v) is 4.58. The highest BCUT2D eigenvalue weighted by molar-refractivity contribution is 5.27. The fraction of sp³-hybridized carbons (Fsp3) is 0.760. The number of unbranched alkanes of at least 4 members (excludes halogenated alkanes) is 5. The molecule has 3 rings (SSSR count). The Morgan fingerprint density at radius 3 is 1.86 bits per heavy atom. The maximum absolute atomic E-state index is 5.94. The molecule has 2 heterocycles. The first-order chi connectivity index (χ1) is 13.9. The van der Waals surface area contributed by atoms with Gasteiger partial charge in [-0.3, -0.25) is 4.90 Å². The zero-order valence-electron chi connectivity index (χ0n) is 18.0. The van der Waals surface area contributed by atoms with Gasteiger partial charge >= 0.3 is 0 Å². The minimum Gasteiger partial charge on any atom is -0.494 e. The Bertz CT molecular complexity index is 504. The van der Waals surface area contributed by atoms with E-state index in [1.165, 1.54) is 115 Å².